The Kier molecular flexibility index (Phi) is 7.32. The molecule has 7 heteroatoms. The molecule has 2 aliphatic heterocycles. The highest BCUT2D eigenvalue weighted by Gasteiger charge is 2.44. The Hall–Kier alpha value is -2.51. The lowest BCUT2D eigenvalue weighted by molar-refractivity contribution is -0.275. The summed E-state index contributed by atoms with van der Waals surface area (Å²) in [5.41, 5.74) is 0.161. The van der Waals surface area contributed by atoms with Crippen LogP contribution in [0.5, 0.6) is 0 Å². The maximum atomic E-state index is 11.9. The summed E-state index contributed by atoms with van der Waals surface area (Å²) in [5, 5.41) is 9.77. The fourth-order valence-corrected chi connectivity index (χ4v) is 2.85. The fraction of sp³-hybridized carbons (Fsp3) is 0.500. The third-order valence-corrected chi connectivity index (χ3v) is 4.74. The summed E-state index contributed by atoms with van der Waals surface area (Å²) in [7, 11) is 0. The number of esters is 1. The van der Waals surface area contributed by atoms with E-state index in [2.05, 4.69) is 4.99 Å². The molecule has 0 aliphatic carbocycles. The minimum atomic E-state index is -1.27. The molecule has 1 fully saturated rings. The van der Waals surface area contributed by atoms with E-state index in [1.54, 1.807) is 39.0 Å². The summed E-state index contributed by atoms with van der Waals surface area (Å²) in [6, 6.07) is -0.278. The molecule has 1 unspecified atom stereocenters. The van der Waals surface area contributed by atoms with E-state index in [1.165, 1.54) is 6.92 Å². The molecule has 1 saturated heterocycles. The molecule has 0 spiro atoms. The summed E-state index contributed by atoms with van der Waals surface area (Å²) in [4.78, 5) is 27.9. The van der Waals surface area contributed by atoms with Crippen LogP contribution in [0.25, 0.3) is 0 Å². The number of carboxylic acid groups (broad SMARTS) is 1. The third kappa shape index (κ3) is 6.24. The van der Waals surface area contributed by atoms with Crippen LogP contribution in [-0.4, -0.2) is 53.9 Å². The van der Waals surface area contributed by atoms with Crippen LogP contribution < -0.4 is 0 Å². The Bertz CT molecular complexity index is 777. The van der Waals surface area contributed by atoms with Crippen LogP contribution in [-0.2, 0) is 23.8 Å². The van der Waals surface area contributed by atoms with Crippen molar-refractivity contribution < 1.29 is 28.9 Å². The van der Waals surface area contributed by atoms with Crippen LogP contribution in [0.4, 0.5) is 0 Å². The molecule has 0 amide bonds. The van der Waals surface area contributed by atoms with E-state index in [1.807, 2.05) is 31.2 Å². The Labute approximate surface area is 171 Å². The molecule has 29 heavy (non-hydrogen) atoms. The van der Waals surface area contributed by atoms with Crippen LogP contribution >= 0.6 is 0 Å². The van der Waals surface area contributed by atoms with E-state index >= 15 is 0 Å². The average Bonchev–Trinajstić information content (AvgIpc) is 2.71. The van der Waals surface area contributed by atoms with Gasteiger partial charge in [-0.15, -0.1) is 0 Å². The summed E-state index contributed by atoms with van der Waals surface area (Å²) >= 11 is 0. The van der Waals surface area contributed by atoms with E-state index in [0.29, 0.717) is 5.71 Å². The van der Waals surface area contributed by atoms with Gasteiger partial charge in [0.15, 0.2) is 5.79 Å². The number of carboxylic acids is 1. The molecule has 158 valence electrons. The van der Waals surface area contributed by atoms with Gasteiger partial charge < -0.3 is 19.3 Å². The zero-order chi connectivity index (χ0) is 21.7. The van der Waals surface area contributed by atoms with Crippen LogP contribution in [0.15, 0.2) is 53.1 Å². The van der Waals surface area contributed by atoms with Crippen molar-refractivity contribution in [1.29, 1.82) is 0 Å². The normalized spacial score (nSPS) is 27.6. The smallest absolute Gasteiger partial charge is 0.318 e. The summed E-state index contributed by atoms with van der Waals surface area (Å²) in [6.07, 6.45) is 12.0. The molecule has 0 aromatic heterocycles. The Balaban J connectivity index is 2.28. The van der Waals surface area contributed by atoms with E-state index in [-0.39, 0.29) is 25.2 Å². The molecule has 1 N–H and O–H groups in total. The monoisotopic (exact) mass is 403 g/mol. The first kappa shape index (κ1) is 22.8. The van der Waals surface area contributed by atoms with Crippen molar-refractivity contribution in [1.82, 2.24) is 0 Å². The van der Waals surface area contributed by atoms with Gasteiger partial charge in [-0.3, -0.25) is 14.6 Å². The van der Waals surface area contributed by atoms with Gasteiger partial charge in [0.05, 0.1) is 25.0 Å². The number of nitrogens with zero attached hydrogens (tertiary/aromatic N) is 1. The van der Waals surface area contributed by atoms with Gasteiger partial charge in [0.25, 0.3) is 0 Å². The van der Waals surface area contributed by atoms with Gasteiger partial charge in [0.2, 0.25) is 0 Å². The van der Waals surface area contributed by atoms with E-state index in [0.717, 1.165) is 5.57 Å². The molecule has 0 aromatic carbocycles. The number of carbonyl (C=O) groups is 2. The molecular weight excluding hydrogens is 374 g/mol. The van der Waals surface area contributed by atoms with Gasteiger partial charge in [0.1, 0.15) is 11.5 Å². The van der Waals surface area contributed by atoms with Gasteiger partial charge >= 0.3 is 11.9 Å². The summed E-state index contributed by atoms with van der Waals surface area (Å²) in [6.45, 7) is 8.55. The topological polar surface area (TPSA) is 94.4 Å². The molecule has 2 aliphatic rings. The maximum absolute atomic E-state index is 11.9. The van der Waals surface area contributed by atoms with Crippen molar-refractivity contribution >= 4 is 17.7 Å². The van der Waals surface area contributed by atoms with Gasteiger partial charge in [-0.05, 0) is 39.3 Å². The number of carbonyl (C=O) groups excluding carboxylic acids is 1. The molecule has 0 aromatic rings. The Morgan fingerprint density at radius 3 is 2.52 bits per heavy atom. The standard InChI is InChI=1S/C22H29NO6/c1-15-18(9-7-6-8-10-19(23-15)16(2)29-17(3)24)11-12-22(20(25)26)13-27-21(4,5)28-14-22/h6-12,15-16H,13-14H2,1-5H3,(H,25,26)/b7-6-,10-8?,12-11+,18-9-,23-19?/t15?,16-/m1/s1. The predicted molar refractivity (Wildman–Crippen MR) is 110 cm³/mol. The SMILES string of the molecule is CC(=O)O[C@H](C)C1=NC(C)C(/C=C/C2(C(=O)O)COC(C)(C)OC2)=C\C=C/C=C1. The van der Waals surface area contributed by atoms with Crippen molar-refractivity contribution in [2.45, 2.75) is 52.6 Å². The number of hydrogen-bond donors (Lipinski definition) is 1. The molecular formula is C22H29NO6. The molecule has 0 bridgehead atoms. The van der Waals surface area contributed by atoms with Crippen molar-refractivity contribution in [3.8, 4) is 0 Å². The van der Waals surface area contributed by atoms with E-state index < -0.39 is 23.3 Å². The Morgan fingerprint density at radius 2 is 1.93 bits per heavy atom. The number of aliphatic carboxylic acids is 1. The number of hydrogen-bond acceptors (Lipinski definition) is 6. The number of aliphatic imine (C=N–C) groups is 1. The zero-order valence-electron chi connectivity index (χ0n) is 17.5. The van der Waals surface area contributed by atoms with Crippen molar-refractivity contribution in [2.75, 3.05) is 13.2 Å². The van der Waals surface area contributed by atoms with Crippen LogP contribution in [0, 0.1) is 5.41 Å². The first-order valence-corrected chi connectivity index (χ1v) is 9.55. The van der Waals surface area contributed by atoms with Crippen molar-refractivity contribution in [3.05, 3.63) is 48.1 Å². The fourth-order valence-electron chi connectivity index (χ4n) is 2.85. The lowest BCUT2D eigenvalue weighted by Crippen LogP contribution is -2.49. The van der Waals surface area contributed by atoms with Gasteiger partial charge in [-0.2, -0.15) is 0 Å². The van der Waals surface area contributed by atoms with E-state index in [4.69, 9.17) is 14.2 Å². The van der Waals surface area contributed by atoms with Gasteiger partial charge in [-0.1, -0.05) is 36.5 Å². The molecule has 0 radical (unpaired) electrons. The number of ether oxygens (including phenoxy) is 3. The number of allylic oxidation sites excluding steroid dienone is 4. The van der Waals surface area contributed by atoms with E-state index in [9.17, 15) is 14.7 Å². The largest absolute Gasteiger partial charge is 0.480 e. The second-order valence-electron chi connectivity index (χ2n) is 7.66. The quantitative estimate of drug-likeness (QED) is 0.708. The second-order valence-corrected chi connectivity index (χ2v) is 7.66. The molecule has 0 saturated carbocycles. The van der Waals surface area contributed by atoms with Crippen molar-refractivity contribution in [3.63, 3.8) is 0 Å². The van der Waals surface area contributed by atoms with Crippen LogP contribution in [0.1, 0.15) is 34.6 Å². The minimum Gasteiger partial charge on any atom is -0.480 e. The number of rotatable bonds is 5. The third-order valence-electron chi connectivity index (χ3n) is 4.74. The average molecular weight is 403 g/mol. The van der Waals surface area contributed by atoms with Crippen LogP contribution in [0.3, 0.4) is 0 Å². The molecule has 2 atom stereocenters. The highest BCUT2D eigenvalue weighted by atomic mass is 16.7. The van der Waals surface area contributed by atoms with Crippen LogP contribution in [0.2, 0.25) is 0 Å². The highest BCUT2D eigenvalue weighted by Crippen LogP contribution is 2.32. The minimum absolute atomic E-state index is 0.0168. The Morgan fingerprint density at radius 1 is 1.28 bits per heavy atom. The molecule has 7 nitrogen and oxygen atoms in total. The predicted octanol–water partition coefficient (Wildman–Crippen LogP) is 3.23. The molecule has 2 rings (SSSR count). The maximum Gasteiger partial charge on any atom is 0.318 e. The lowest BCUT2D eigenvalue weighted by atomic mass is 9.87. The summed E-state index contributed by atoms with van der Waals surface area (Å²) in [5.74, 6) is -2.20. The van der Waals surface area contributed by atoms with Gasteiger partial charge in [-0.25, -0.2) is 0 Å². The van der Waals surface area contributed by atoms with Crippen molar-refractivity contribution in [2.24, 2.45) is 10.4 Å². The zero-order valence-corrected chi connectivity index (χ0v) is 17.5. The lowest BCUT2D eigenvalue weighted by Gasteiger charge is -2.39. The second kappa shape index (κ2) is 9.33. The first-order valence-electron chi connectivity index (χ1n) is 9.55. The molecule has 2 heterocycles. The first-order chi connectivity index (χ1) is 13.5. The summed E-state index contributed by atoms with van der Waals surface area (Å²) < 4.78 is 16.4. The highest BCUT2D eigenvalue weighted by molar-refractivity contribution is 5.99. The van der Waals surface area contributed by atoms with Gasteiger partial charge in [0, 0.05) is 6.92 Å².